The summed E-state index contributed by atoms with van der Waals surface area (Å²) in [7, 11) is 0. The second-order valence-electron chi connectivity index (χ2n) is 3.85. The second-order valence-corrected chi connectivity index (χ2v) is 6.02. The van der Waals surface area contributed by atoms with Crippen LogP contribution in [-0.4, -0.2) is 0 Å². The third kappa shape index (κ3) is 2.23. The molecule has 0 aromatic heterocycles. The van der Waals surface area contributed by atoms with E-state index in [2.05, 4.69) is 62.7 Å². The molecule has 0 nitrogen and oxygen atoms in total. The van der Waals surface area contributed by atoms with Gasteiger partial charge in [-0.2, -0.15) is 0 Å². The zero-order valence-corrected chi connectivity index (χ0v) is 12.2. The van der Waals surface area contributed by atoms with Crippen molar-refractivity contribution in [2.24, 2.45) is 0 Å². The summed E-state index contributed by atoms with van der Waals surface area (Å²) in [5, 5.41) is 0. The van der Waals surface area contributed by atoms with Gasteiger partial charge in [-0.05, 0) is 58.3 Å². The highest BCUT2D eigenvalue weighted by molar-refractivity contribution is 9.11. The van der Waals surface area contributed by atoms with Crippen LogP contribution in [0.3, 0.4) is 0 Å². The van der Waals surface area contributed by atoms with Crippen LogP contribution in [0.5, 0.6) is 0 Å². The summed E-state index contributed by atoms with van der Waals surface area (Å²) in [5.41, 5.74) is 5.26. The Balaban J connectivity index is 2.59. The van der Waals surface area contributed by atoms with E-state index in [0.717, 1.165) is 15.4 Å². The first-order chi connectivity index (χ1) is 7.61. The predicted molar refractivity (Wildman–Crippen MR) is 77.6 cm³/mol. The Morgan fingerprint density at radius 3 is 2.81 bits per heavy atom. The minimum Gasteiger partial charge on any atom is -0.0988 e. The van der Waals surface area contributed by atoms with Gasteiger partial charge in [0.05, 0.1) is 0 Å². The summed E-state index contributed by atoms with van der Waals surface area (Å²) in [6, 6.07) is 6.44. The molecule has 1 aromatic carbocycles. The smallest absolute Gasteiger partial charge is 0.0181 e. The van der Waals surface area contributed by atoms with Crippen LogP contribution in [0.1, 0.15) is 18.1 Å². The molecule has 1 aromatic rings. The molecule has 2 heteroatoms. The van der Waals surface area contributed by atoms with Gasteiger partial charge in [-0.1, -0.05) is 50.6 Å². The second kappa shape index (κ2) is 4.72. The number of halogens is 2. The molecule has 16 heavy (non-hydrogen) atoms. The lowest BCUT2D eigenvalue weighted by atomic mass is 10.1. The molecule has 0 saturated carbocycles. The Bertz CT molecular complexity index is 503. The minimum absolute atomic E-state index is 0.984. The van der Waals surface area contributed by atoms with Crippen molar-refractivity contribution >= 4 is 37.4 Å². The average molecular weight is 340 g/mol. The normalized spacial score (nSPS) is 15.3. The van der Waals surface area contributed by atoms with Crippen molar-refractivity contribution in [2.45, 2.75) is 13.3 Å². The molecule has 0 fully saturated rings. The van der Waals surface area contributed by atoms with E-state index in [-0.39, 0.29) is 0 Å². The topological polar surface area (TPSA) is 0 Å². The Kier molecular flexibility index (Phi) is 3.50. The number of rotatable bonds is 2. The minimum atomic E-state index is 0.984. The van der Waals surface area contributed by atoms with Crippen LogP contribution in [0.2, 0.25) is 0 Å². The van der Waals surface area contributed by atoms with Gasteiger partial charge in [-0.15, -0.1) is 0 Å². The molecule has 0 bridgehead atoms. The zero-order chi connectivity index (χ0) is 11.7. The van der Waals surface area contributed by atoms with E-state index in [1.807, 2.05) is 13.0 Å². The van der Waals surface area contributed by atoms with Gasteiger partial charge < -0.3 is 0 Å². The Labute approximate surface area is 113 Å². The molecule has 0 spiro atoms. The number of hydrogen-bond donors (Lipinski definition) is 0. The Morgan fingerprint density at radius 2 is 2.19 bits per heavy atom. The van der Waals surface area contributed by atoms with Crippen LogP contribution in [-0.2, 0) is 6.42 Å². The molecule has 0 radical (unpaired) electrons. The van der Waals surface area contributed by atoms with E-state index < -0.39 is 0 Å². The molecule has 0 heterocycles. The fourth-order valence-electron chi connectivity index (χ4n) is 1.98. The summed E-state index contributed by atoms with van der Waals surface area (Å²) in [6.45, 7) is 5.94. The summed E-state index contributed by atoms with van der Waals surface area (Å²) in [5.74, 6) is 0. The van der Waals surface area contributed by atoms with E-state index in [1.165, 1.54) is 22.3 Å². The molecular formula is C14H12Br2. The van der Waals surface area contributed by atoms with Gasteiger partial charge >= 0.3 is 0 Å². The quantitative estimate of drug-likeness (QED) is 0.690. The molecule has 0 aliphatic heterocycles. The monoisotopic (exact) mass is 338 g/mol. The van der Waals surface area contributed by atoms with Crippen molar-refractivity contribution in [1.82, 2.24) is 0 Å². The molecule has 2 rings (SSSR count). The predicted octanol–water partition coefficient (Wildman–Crippen LogP) is 5.24. The third-order valence-corrected chi connectivity index (χ3v) is 3.40. The van der Waals surface area contributed by atoms with Crippen molar-refractivity contribution in [3.8, 4) is 0 Å². The zero-order valence-electron chi connectivity index (χ0n) is 9.06. The average Bonchev–Trinajstić information content (AvgIpc) is 2.56. The van der Waals surface area contributed by atoms with Gasteiger partial charge in [0.15, 0.2) is 0 Å². The number of benzene rings is 1. The summed E-state index contributed by atoms with van der Waals surface area (Å²) >= 11 is 7.01. The Morgan fingerprint density at radius 1 is 1.44 bits per heavy atom. The van der Waals surface area contributed by atoms with Crippen LogP contribution in [0, 0.1) is 0 Å². The summed E-state index contributed by atoms with van der Waals surface area (Å²) in [4.78, 5) is 0. The molecular weight excluding hydrogens is 328 g/mol. The van der Waals surface area contributed by atoms with Crippen molar-refractivity contribution in [3.63, 3.8) is 0 Å². The summed E-state index contributed by atoms with van der Waals surface area (Å²) < 4.78 is 2.25. The number of fused-ring (bicyclic) bond motifs is 1. The van der Waals surface area contributed by atoms with Crippen LogP contribution in [0.25, 0.3) is 5.57 Å². The number of hydrogen-bond acceptors (Lipinski definition) is 0. The first-order valence-corrected chi connectivity index (χ1v) is 6.68. The van der Waals surface area contributed by atoms with Crippen molar-refractivity contribution in [2.75, 3.05) is 0 Å². The van der Waals surface area contributed by atoms with Gasteiger partial charge in [0.1, 0.15) is 0 Å². The third-order valence-electron chi connectivity index (χ3n) is 2.68. The van der Waals surface area contributed by atoms with E-state index in [4.69, 9.17) is 0 Å². The largest absolute Gasteiger partial charge is 0.0988 e. The maximum atomic E-state index is 3.89. The highest BCUT2D eigenvalue weighted by Crippen LogP contribution is 2.36. The van der Waals surface area contributed by atoms with Crippen molar-refractivity contribution < 1.29 is 0 Å². The molecule has 0 amide bonds. The van der Waals surface area contributed by atoms with Crippen LogP contribution in [0.15, 0.2) is 51.5 Å². The standard InChI is InChI=1S/C14H12Br2/c1-3-10-7-11-4-5-12(16)8-14(11)13(10)6-9(2)15/h3-6,8H,1,7H2,2H3/b9-6+. The van der Waals surface area contributed by atoms with Gasteiger partial charge in [-0.25, -0.2) is 0 Å². The van der Waals surface area contributed by atoms with E-state index in [1.54, 1.807) is 0 Å². The van der Waals surface area contributed by atoms with Gasteiger partial charge in [0.25, 0.3) is 0 Å². The van der Waals surface area contributed by atoms with Gasteiger partial charge in [0.2, 0.25) is 0 Å². The summed E-state index contributed by atoms with van der Waals surface area (Å²) in [6.07, 6.45) is 5.10. The molecule has 1 aliphatic carbocycles. The number of allylic oxidation sites excluding steroid dienone is 5. The highest BCUT2D eigenvalue weighted by atomic mass is 79.9. The molecule has 0 atom stereocenters. The van der Waals surface area contributed by atoms with Crippen molar-refractivity contribution in [3.05, 3.63) is 62.6 Å². The molecule has 0 N–H and O–H groups in total. The molecule has 0 unspecified atom stereocenters. The van der Waals surface area contributed by atoms with E-state index >= 15 is 0 Å². The fraction of sp³-hybridized carbons (Fsp3) is 0.143. The van der Waals surface area contributed by atoms with Gasteiger partial charge in [0, 0.05) is 4.47 Å². The highest BCUT2D eigenvalue weighted by Gasteiger charge is 2.18. The lowest BCUT2D eigenvalue weighted by Crippen LogP contribution is -1.82. The fourth-order valence-corrected chi connectivity index (χ4v) is 2.57. The lowest BCUT2D eigenvalue weighted by Gasteiger charge is -2.02. The first-order valence-electron chi connectivity index (χ1n) is 5.10. The maximum absolute atomic E-state index is 3.89. The maximum Gasteiger partial charge on any atom is 0.0181 e. The SMILES string of the molecule is C=CC1=C(/C=C(\C)Br)c2cc(Br)ccc2C1. The Hall–Kier alpha value is -0.600. The van der Waals surface area contributed by atoms with Gasteiger partial charge in [-0.3, -0.25) is 0 Å². The molecule has 82 valence electrons. The van der Waals surface area contributed by atoms with Crippen LogP contribution >= 0.6 is 31.9 Å². The first kappa shape index (κ1) is 11.9. The molecule has 0 saturated heterocycles. The molecule has 1 aliphatic rings. The van der Waals surface area contributed by atoms with Crippen LogP contribution in [0.4, 0.5) is 0 Å². The van der Waals surface area contributed by atoms with E-state index in [0.29, 0.717) is 0 Å². The lowest BCUT2D eigenvalue weighted by molar-refractivity contribution is 1.25. The van der Waals surface area contributed by atoms with Crippen molar-refractivity contribution in [1.29, 1.82) is 0 Å². The van der Waals surface area contributed by atoms with E-state index in [9.17, 15) is 0 Å². The van der Waals surface area contributed by atoms with Crippen LogP contribution < -0.4 is 0 Å².